The number of nitrogens with one attached hydrogen (secondary N) is 1. The van der Waals surface area contributed by atoms with E-state index in [1.807, 2.05) is 0 Å². The molecule has 0 saturated heterocycles. The SMILES string of the molecule is CSNC(=O)C=C(F)F. The fourth-order valence-electron chi connectivity index (χ4n) is 0.229. The largest absolute Gasteiger partial charge is 0.297 e. The highest BCUT2D eigenvalue weighted by molar-refractivity contribution is 7.97. The van der Waals surface area contributed by atoms with Crippen molar-refractivity contribution in [3.63, 3.8) is 0 Å². The van der Waals surface area contributed by atoms with Gasteiger partial charge in [0.25, 0.3) is 12.0 Å². The summed E-state index contributed by atoms with van der Waals surface area (Å²) in [7, 11) is 0. The van der Waals surface area contributed by atoms with Crippen LogP contribution in [0.5, 0.6) is 0 Å². The zero-order valence-corrected chi connectivity index (χ0v) is 5.47. The Bertz CT molecular complexity index is 133. The van der Waals surface area contributed by atoms with Crippen molar-refractivity contribution in [2.45, 2.75) is 0 Å². The van der Waals surface area contributed by atoms with E-state index < -0.39 is 12.0 Å². The summed E-state index contributed by atoms with van der Waals surface area (Å²) in [5.74, 6) is -0.789. The van der Waals surface area contributed by atoms with Gasteiger partial charge < -0.3 is 0 Å². The van der Waals surface area contributed by atoms with Crippen molar-refractivity contribution in [3.05, 3.63) is 12.2 Å². The summed E-state index contributed by atoms with van der Waals surface area (Å²) in [4.78, 5) is 10.2. The maximum Gasteiger partial charge on any atom is 0.275 e. The third kappa shape index (κ3) is 5.29. The Morgan fingerprint density at radius 3 is 2.56 bits per heavy atom. The van der Waals surface area contributed by atoms with Crippen LogP contribution in [0.15, 0.2) is 12.2 Å². The molecule has 0 atom stereocenters. The number of hydrogen-bond acceptors (Lipinski definition) is 2. The fourth-order valence-corrected chi connectivity index (χ4v) is 0.489. The molecule has 2 nitrogen and oxygen atoms in total. The third-order valence-corrected chi connectivity index (χ3v) is 0.848. The minimum absolute atomic E-state index is 0.233. The molecule has 0 aliphatic rings. The van der Waals surface area contributed by atoms with Gasteiger partial charge in [0.1, 0.15) is 0 Å². The molecular weight excluding hydrogens is 148 g/mol. The van der Waals surface area contributed by atoms with Gasteiger partial charge in [-0.25, -0.2) is 0 Å². The van der Waals surface area contributed by atoms with E-state index in [-0.39, 0.29) is 6.08 Å². The lowest BCUT2D eigenvalue weighted by atomic mass is 10.6. The molecule has 1 amide bonds. The van der Waals surface area contributed by atoms with Crippen LogP contribution in [0, 0.1) is 0 Å². The first-order chi connectivity index (χ1) is 4.16. The standard InChI is InChI=1S/C4H5F2NOS/c1-9-7-4(8)2-3(5)6/h2H,1H3,(H,7,8). The Kier molecular flexibility index (Phi) is 4.04. The Morgan fingerprint density at radius 2 is 2.22 bits per heavy atom. The average Bonchev–Trinajstić information content (AvgIpc) is 1.63. The predicted octanol–water partition coefficient (Wildman–Crippen LogP) is 1.16. The third-order valence-electron chi connectivity index (χ3n) is 0.443. The molecule has 52 valence electrons. The van der Waals surface area contributed by atoms with Crippen LogP contribution < -0.4 is 4.72 Å². The second kappa shape index (κ2) is 4.31. The van der Waals surface area contributed by atoms with Gasteiger partial charge in [-0.05, 0) is 0 Å². The van der Waals surface area contributed by atoms with Crippen LogP contribution in [0.3, 0.4) is 0 Å². The van der Waals surface area contributed by atoms with Crippen LogP contribution in [-0.4, -0.2) is 12.2 Å². The van der Waals surface area contributed by atoms with Crippen molar-refractivity contribution < 1.29 is 13.6 Å². The van der Waals surface area contributed by atoms with Crippen LogP contribution in [0.4, 0.5) is 8.78 Å². The van der Waals surface area contributed by atoms with E-state index in [0.29, 0.717) is 0 Å². The van der Waals surface area contributed by atoms with E-state index in [4.69, 9.17) is 0 Å². The average molecular weight is 153 g/mol. The van der Waals surface area contributed by atoms with E-state index >= 15 is 0 Å². The Hall–Kier alpha value is -0.580. The highest BCUT2D eigenvalue weighted by Gasteiger charge is 1.96. The molecule has 5 heteroatoms. The van der Waals surface area contributed by atoms with Crippen molar-refractivity contribution in [2.24, 2.45) is 0 Å². The molecular formula is C4H5F2NOS. The second-order valence-corrected chi connectivity index (χ2v) is 1.72. The molecule has 0 aromatic carbocycles. The van der Waals surface area contributed by atoms with Gasteiger partial charge >= 0.3 is 0 Å². The van der Waals surface area contributed by atoms with Crippen LogP contribution in [-0.2, 0) is 4.79 Å². The molecule has 0 saturated carbocycles. The van der Waals surface area contributed by atoms with E-state index in [2.05, 4.69) is 4.72 Å². The lowest BCUT2D eigenvalue weighted by Crippen LogP contribution is -2.11. The first-order valence-corrected chi connectivity index (χ1v) is 3.25. The molecule has 0 unspecified atom stereocenters. The number of carbonyl (C=O) groups is 1. The van der Waals surface area contributed by atoms with Crippen molar-refractivity contribution in [1.29, 1.82) is 0 Å². The Labute approximate surface area is 55.4 Å². The molecule has 0 aromatic rings. The Balaban J connectivity index is 3.63. The summed E-state index contributed by atoms with van der Waals surface area (Å²) in [5, 5.41) is 0. The maximum absolute atomic E-state index is 11.2. The van der Waals surface area contributed by atoms with Crippen LogP contribution in [0.25, 0.3) is 0 Å². The first kappa shape index (κ1) is 8.42. The van der Waals surface area contributed by atoms with Crippen molar-refractivity contribution in [1.82, 2.24) is 4.72 Å². The van der Waals surface area contributed by atoms with Gasteiger partial charge in [-0.2, -0.15) is 8.78 Å². The summed E-state index contributed by atoms with van der Waals surface area (Å²) in [5.41, 5.74) is 0. The number of hydrogen-bond donors (Lipinski definition) is 1. The van der Waals surface area contributed by atoms with Gasteiger partial charge in [0.2, 0.25) is 0 Å². The van der Waals surface area contributed by atoms with Crippen molar-refractivity contribution in [2.75, 3.05) is 6.26 Å². The minimum atomic E-state index is -1.98. The lowest BCUT2D eigenvalue weighted by molar-refractivity contribution is -0.114. The molecule has 0 bridgehead atoms. The summed E-state index contributed by atoms with van der Waals surface area (Å²) < 4.78 is 24.5. The molecule has 1 N–H and O–H groups in total. The summed E-state index contributed by atoms with van der Waals surface area (Å²) >= 11 is 0.974. The van der Waals surface area contributed by atoms with Crippen molar-refractivity contribution >= 4 is 17.9 Å². The van der Waals surface area contributed by atoms with E-state index in [9.17, 15) is 13.6 Å². The monoisotopic (exact) mass is 153 g/mol. The summed E-state index contributed by atoms with van der Waals surface area (Å²) in [6, 6.07) is 0. The Morgan fingerprint density at radius 1 is 1.67 bits per heavy atom. The van der Waals surface area contributed by atoms with Crippen LogP contribution >= 0.6 is 11.9 Å². The predicted molar refractivity (Wildman–Crippen MR) is 32.0 cm³/mol. The molecule has 0 aromatic heterocycles. The lowest BCUT2D eigenvalue weighted by Gasteiger charge is -1.90. The molecule has 9 heavy (non-hydrogen) atoms. The summed E-state index contributed by atoms with van der Waals surface area (Å²) in [6.07, 6.45) is -0.181. The molecule has 0 fully saturated rings. The number of amides is 1. The zero-order valence-electron chi connectivity index (χ0n) is 4.65. The van der Waals surface area contributed by atoms with E-state index in [0.717, 1.165) is 11.9 Å². The smallest absolute Gasteiger partial charge is 0.275 e. The van der Waals surface area contributed by atoms with Gasteiger partial charge in [-0.15, -0.1) is 0 Å². The van der Waals surface area contributed by atoms with Gasteiger partial charge in [0.05, 0.1) is 6.08 Å². The molecule has 0 spiro atoms. The zero-order chi connectivity index (χ0) is 7.28. The normalized spacial score (nSPS) is 8.33. The summed E-state index contributed by atoms with van der Waals surface area (Å²) in [6.45, 7) is 0. The van der Waals surface area contributed by atoms with Gasteiger partial charge in [0.15, 0.2) is 0 Å². The highest BCUT2D eigenvalue weighted by atomic mass is 32.2. The first-order valence-electron chi connectivity index (χ1n) is 2.02. The number of carbonyl (C=O) groups excluding carboxylic acids is 1. The molecule has 0 aliphatic heterocycles. The number of halogens is 2. The van der Waals surface area contributed by atoms with Crippen LogP contribution in [0.2, 0.25) is 0 Å². The highest BCUT2D eigenvalue weighted by Crippen LogP contribution is 1.95. The second-order valence-electron chi connectivity index (χ2n) is 1.10. The minimum Gasteiger partial charge on any atom is -0.297 e. The molecule has 0 aliphatic carbocycles. The van der Waals surface area contributed by atoms with Gasteiger partial charge in [-0.3, -0.25) is 9.52 Å². The van der Waals surface area contributed by atoms with E-state index in [1.54, 1.807) is 6.26 Å². The quantitative estimate of drug-likeness (QED) is 0.476. The maximum atomic E-state index is 11.2. The van der Waals surface area contributed by atoms with Crippen molar-refractivity contribution in [3.8, 4) is 0 Å². The van der Waals surface area contributed by atoms with Crippen LogP contribution in [0.1, 0.15) is 0 Å². The van der Waals surface area contributed by atoms with Gasteiger partial charge in [-0.1, -0.05) is 11.9 Å². The topological polar surface area (TPSA) is 29.1 Å². The van der Waals surface area contributed by atoms with E-state index in [1.165, 1.54) is 0 Å². The fraction of sp³-hybridized carbons (Fsp3) is 0.250. The molecule has 0 rings (SSSR count). The molecule has 0 heterocycles. The van der Waals surface area contributed by atoms with Gasteiger partial charge in [0, 0.05) is 6.26 Å². The molecule has 0 radical (unpaired) electrons. The number of rotatable bonds is 2.